The second kappa shape index (κ2) is 2.81. The first-order chi connectivity index (χ1) is 4.34. The van der Waals surface area contributed by atoms with Gasteiger partial charge in [0.15, 0.2) is 0 Å². The minimum atomic E-state index is 1.14. The summed E-state index contributed by atoms with van der Waals surface area (Å²) < 4.78 is 0. The fourth-order valence-corrected chi connectivity index (χ4v) is 1.02. The quantitative estimate of drug-likeness (QED) is 0.458. The van der Waals surface area contributed by atoms with Crippen LogP contribution in [0.15, 0.2) is 23.3 Å². The van der Waals surface area contributed by atoms with E-state index >= 15 is 0 Å². The Morgan fingerprint density at radius 1 is 1.44 bits per heavy atom. The van der Waals surface area contributed by atoms with Crippen molar-refractivity contribution in [1.29, 1.82) is 0 Å². The van der Waals surface area contributed by atoms with Crippen molar-refractivity contribution in [3.05, 3.63) is 23.3 Å². The Morgan fingerprint density at radius 3 is 2.56 bits per heavy atom. The second-order valence-corrected chi connectivity index (χ2v) is 2.29. The van der Waals surface area contributed by atoms with E-state index in [1.54, 1.807) is 5.97 Å². The van der Waals surface area contributed by atoms with E-state index in [0.29, 0.717) is 0 Å². The fraction of sp³-hybridized carbons (Fsp3) is 0.375. The number of hydrogen-bond acceptors (Lipinski definition) is 0. The molecule has 0 fully saturated rings. The van der Waals surface area contributed by atoms with Crippen molar-refractivity contribution >= 4 is 13.5 Å². The van der Waals surface area contributed by atoms with Gasteiger partial charge >= 0.3 is 56.5 Å². The van der Waals surface area contributed by atoms with Crippen LogP contribution >= 0.6 is 0 Å². The maximum atomic E-state index is 5.36. The van der Waals surface area contributed by atoms with Crippen LogP contribution in [-0.2, 0) is 0 Å². The Kier molecular flexibility index (Phi) is 2.04. The van der Waals surface area contributed by atoms with Gasteiger partial charge in [0.05, 0.1) is 0 Å². The van der Waals surface area contributed by atoms with Crippen LogP contribution in [0.5, 0.6) is 0 Å². The van der Waals surface area contributed by atoms with E-state index in [2.05, 4.69) is 19.1 Å². The number of allylic oxidation sites excluding steroid dienone is 4. The first kappa shape index (κ1) is 6.53. The van der Waals surface area contributed by atoms with E-state index in [0.717, 1.165) is 6.42 Å². The Hall–Kier alpha value is -0.585. The average molecular weight is 117 g/mol. The van der Waals surface area contributed by atoms with Gasteiger partial charge in [-0.05, 0) is 0 Å². The summed E-state index contributed by atoms with van der Waals surface area (Å²) >= 11 is 0. The third-order valence-electron chi connectivity index (χ3n) is 1.62. The first-order valence-electron chi connectivity index (χ1n) is 3.27. The zero-order valence-electron chi connectivity index (χ0n) is 5.72. The van der Waals surface area contributed by atoms with E-state index in [9.17, 15) is 0 Å². The second-order valence-electron chi connectivity index (χ2n) is 2.29. The van der Waals surface area contributed by atoms with Gasteiger partial charge in [0.25, 0.3) is 0 Å². The summed E-state index contributed by atoms with van der Waals surface area (Å²) in [6, 6.07) is 0. The third-order valence-corrected chi connectivity index (χ3v) is 1.62. The van der Waals surface area contributed by atoms with Gasteiger partial charge in [0, 0.05) is 0 Å². The van der Waals surface area contributed by atoms with Crippen LogP contribution in [0.3, 0.4) is 0 Å². The van der Waals surface area contributed by atoms with Gasteiger partial charge in [0.1, 0.15) is 0 Å². The summed E-state index contributed by atoms with van der Waals surface area (Å²) in [6.07, 6.45) is 6.71. The Labute approximate surface area is 57.3 Å². The molecular formula is C8H10B. The zero-order valence-corrected chi connectivity index (χ0v) is 5.72. The molecule has 0 atom stereocenters. The van der Waals surface area contributed by atoms with Gasteiger partial charge in [-0.3, -0.25) is 0 Å². The van der Waals surface area contributed by atoms with Crippen molar-refractivity contribution in [2.75, 3.05) is 0 Å². The predicted molar refractivity (Wildman–Crippen MR) is 42.9 cm³/mol. The van der Waals surface area contributed by atoms with Gasteiger partial charge in [-0.2, -0.15) is 0 Å². The molecule has 0 saturated heterocycles. The summed E-state index contributed by atoms with van der Waals surface area (Å²) in [5.74, 6) is 1.67. The molecule has 0 aromatic carbocycles. The van der Waals surface area contributed by atoms with E-state index in [1.807, 2.05) is 0 Å². The van der Waals surface area contributed by atoms with Gasteiger partial charge in [-0.25, -0.2) is 0 Å². The van der Waals surface area contributed by atoms with Crippen LogP contribution in [0.4, 0.5) is 0 Å². The number of hydrogen-bond donors (Lipinski definition) is 0. The van der Waals surface area contributed by atoms with Crippen LogP contribution in [0.1, 0.15) is 19.8 Å². The topological polar surface area (TPSA) is 0 Å². The van der Waals surface area contributed by atoms with Crippen molar-refractivity contribution in [2.45, 2.75) is 19.8 Å². The molecule has 0 aliphatic heterocycles. The summed E-state index contributed by atoms with van der Waals surface area (Å²) in [4.78, 5) is 0. The van der Waals surface area contributed by atoms with Crippen molar-refractivity contribution < 1.29 is 0 Å². The van der Waals surface area contributed by atoms with Crippen molar-refractivity contribution in [3.8, 4) is 0 Å². The summed E-state index contributed by atoms with van der Waals surface area (Å²) in [5.41, 5.74) is 2.50. The molecule has 45 valence electrons. The molecule has 1 aliphatic rings. The van der Waals surface area contributed by atoms with Crippen molar-refractivity contribution in [2.24, 2.45) is 0 Å². The van der Waals surface area contributed by atoms with Crippen LogP contribution in [0, 0.1) is 0 Å². The summed E-state index contributed by atoms with van der Waals surface area (Å²) in [5, 5.41) is 0. The average Bonchev–Trinajstić information content (AvgIpc) is 1.89. The molecule has 0 aromatic rings. The molecule has 1 rings (SSSR count). The normalized spacial score (nSPS) is 18.2. The fourth-order valence-electron chi connectivity index (χ4n) is 1.02. The molecule has 1 heteroatoms. The van der Waals surface area contributed by atoms with E-state index < -0.39 is 0 Å². The first-order valence-corrected chi connectivity index (χ1v) is 3.27. The number of rotatable bonds is 1. The molecule has 0 saturated carbocycles. The Morgan fingerprint density at radius 2 is 2.11 bits per heavy atom. The molecule has 0 heterocycles. The molecule has 0 aromatic heterocycles. The molecular weight excluding hydrogens is 107 g/mol. The van der Waals surface area contributed by atoms with E-state index in [4.69, 9.17) is 7.49 Å². The third kappa shape index (κ3) is 1.41. The van der Waals surface area contributed by atoms with Crippen molar-refractivity contribution in [1.82, 2.24) is 0 Å². The van der Waals surface area contributed by atoms with Gasteiger partial charge in [-0.15, -0.1) is 0 Å². The molecule has 9 heavy (non-hydrogen) atoms. The van der Waals surface area contributed by atoms with E-state index in [1.165, 1.54) is 17.6 Å². The molecule has 1 radical (unpaired) electrons. The minimum absolute atomic E-state index is 1.14. The molecule has 0 bridgehead atoms. The molecule has 1 aliphatic carbocycles. The predicted octanol–water partition coefficient (Wildman–Crippen LogP) is 1.62. The van der Waals surface area contributed by atoms with E-state index in [-0.39, 0.29) is 0 Å². The zero-order chi connectivity index (χ0) is 6.69. The SMILES string of the molecule is [B]=CC1=CCCC=C1C. The Balaban J connectivity index is 2.79. The molecule has 0 nitrogen and oxygen atoms in total. The monoisotopic (exact) mass is 117 g/mol. The molecule has 0 unspecified atom stereocenters. The van der Waals surface area contributed by atoms with Crippen LogP contribution < -0.4 is 0 Å². The van der Waals surface area contributed by atoms with Gasteiger partial charge in [-0.1, -0.05) is 0 Å². The summed E-state index contributed by atoms with van der Waals surface area (Å²) in [7, 11) is 5.36. The van der Waals surface area contributed by atoms with Gasteiger partial charge < -0.3 is 0 Å². The standard InChI is InChI=1S/C8H10B/c1-7-4-2-3-5-8(7)6-9/h4-6H,2-3H2,1H3. The molecule has 0 spiro atoms. The maximum absolute atomic E-state index is 5.36. The van der Waals surface area contributed by atoms with Crippen molar-refractivity contribution in [3.63, 3.8) is 0 Å². The van der Waals surface area contributed by atoms with Crippen LogP contribution in [-0.4, -0.2) is 13.5 Å². The molecule has 0 amide bonds. The Bertz CT molecular complexity index is 175. The molecule has 0 N–H and O–H groups in total. The van der Waals surface area contributed by atoms with Gasteiger partial charge in [0.2, 0.25) is 0 Å². The van der Waals surface area contributed by atoms with Crippen LogP contribution in [0.25, 0.3) is 0 Å². The summed E-state index contributed by atoms with van der Waals surface area (Å²) in [6.45, 7) is 2.09. The van der Waals surface area contributed by atoms with Crippen LogP contribution in [0.2, 0.25) is 0 Å².